The Hall–Kier alpha value is -0.480. The van der Waals surface area contributed by atoms with Gasteiger partial charge in [-0.15, -0.1) is 0 Å². The number of halogens is 3. The Kier molecular flexibility index (Phi) is 2.83. The molecule has 0 aromatic heterocycles. The molecule has 76 valence electrons. The first-order valence-corrected chi connectivity index (χ1v) is 5.33. The third-order valence-corrected chi connectivity index (χ3v) is 2.97. The molecular weight excluding hydrogens is 252 g/mol. The summed E-state index contributed by atoms with van der Waals surface area (Å²) < 4.78 is 27.4. The molecule has 4 heteroatoms. The minimum Gasteiger partial charge on any atom is -0.316 e. The summed E-state index contributed by atoms with van der Waals surface area (Å²) >= 11 is 3.06. The fourth-order valence-electron chi connectivity index (χ4n) is 1.84. The summed E-state index contributed by atoms with van der Waals surface area (Å²) in [6.45, 7) is 1.50. The summed E-state index contributed by atoms with van der Waals surface area (Å²) in [7, 11) is 0. The normalized spacial score (nSPS) is 21.5. The first kappa shape index (κ1) is 10.1. The Balaban J connectivity index is 2.40. The van der Waals surface area contributed by atoms with Gasteiger partial charge in [-0.25, -0.2) is 8.78 Å². The van der Waals surface area contributed by atoms with Crippen molar-refractivity contribution in [2.45, 2.75) is 12.3 Å². The zero-order valence-electron chi connectivity index (χ0n) is 7.49. The Bertz CT molecular complexity index is 325. The van der Waals surface area contributed by atoms with Crippen LogP contribution in [0.5, 0.6) is 0 Å². The summed E-state index contributed by atoms with van der Waals surface area (Å²) in [4.78, 5) is 0. The largest absolute Gasteiger partial charge is 0.316 e. The number of hydrogen-bond acceptors (Lipinski definition) is 1. The second-order valence-electron chi connectivity index (χ2n) is 3.47. The van der Waals surface area contributed by atoms with Gasteiger partial charge in [0.25, 0.3) is 0 Å². The summed E-state index contributed by atoms with van der Waals surface area (Å²) in [6, 6.07) is 2.63. The fourth-order valence-corrected chi connectivity index (χ4v) is 2.25. The molecule has 1 nitrogen and oxygen atoms in total. The van der Waals surface area contributed by atoms with Gasteiger partial charge in [0.15, 0.2) is 0 Å². The fraction of sp³-hybridized carbons (Fsp3) is 0.400. The lowest BCUT2D eigenvalue weighted by atomic mass is 9.97. The van der Waals surface area contributed by atoms with Crippen molar-refractivity contribution in [2.75, 3.05) is 13.1 Å². The van der Waals surface area contributed by atoms with E-state index in [4.69, 9.17) is 0 Å². The SMILES string of the molecule is Fc1cc(Br)cc(F)c1C1CCNC1. The van der Waals surface area contributed by atoms with E-state index >= 15 is 0 Å². The first-order valence-electron chi connectivity index (χ1n) is 4.53. The molecule has 1 fully saturated rings. The third kappa shape index (κ3) is 1.81. The Labute approximate surface area is 89.6 Å². The predicted molar refractivity (Wildman–Crippen MR) is 54.3 cm³/mol. The molecule has 1 N–H and O–H groups in total. The zero-order valence-corrected chi connectivity index (χ0v) is 9.07. The van der Waals surface area contributed by atoms with Gasteiger partial charge in [-0.1, -0.05) is 15.9 Å². The van der Waals surface area contributed by atoms with E-state index in [0.717, 1.165) is 13.0 Å². The van der Waals surface area contributed by atoms with Gasteiger partial charge in [0, 0.05) is 22.5 Å². The molecule has 1 saturated heterocycles. The van der Waals surface area contributed by atoms with Gasteiger partial charge in [0.05, 0.1) is 0 Å². The number of benzene rings is 1. The van der Waals surface area contributed by atoms with E-state index in [-0.39, 0.29) is 11.5 Å². The zero-order chi connectivity index (χ0) is 10.1. The van der Waals surface area contributed by atoms with Crippen LogP contribution in [0.1, 0.15) is 17.9 Å². The Morgan fingerprint density at radius 1 is 1.29 bits per heavy atom. The molecule has 1 heterocycles. The molecule has 2 rings (SSSR count). The van der Waals surface area contributed by atoms with E-state index in [2.05, 4.69) is 21.2 Å². The van der Waals surface area contributed by atoms with Crippen molar-refractivity contribution in [3.05, 3.63) is 33.8 Å². The number of hydrogen-bond donors (Lipinski definition) is 1. The van der Waals surface area contributed by atoms with Crippen molar-refractivity contribution in [3.63, 3.8) is 0 Å². The molecule has 14 heavy (non-hydrogen) atoms. The van der Waals surface area contributed by atoms with Crippen LogP contribution in [0.25, 0.3) is 0 Å². The Morgan fingerprint density at radius 2 is 1.93 bits per heavy atom. The first-order chi connectivity index (χ1) is 6.68. The summed E-state index contributed by atoms with van der Waals surface area (Å²) in [5.74, 6) is -0.931. The molecule has 1 atom stereocenters. The topological polar surface area (TPSA) is 12.0 Å². The maximum atomic E-state index is 13.5. The second-order valence-corrected chi connectivity index (χ2v) is 4.39. The smallest absolute Gasteiger partial charge is 0.130 e. The van der Waals surface area contributed by atoms with Crippen LogP contribution in [0.4, 0.5) is 8.78 Å². The molecule has 1 aliphatic heterocycles. The van der Waals surface area contributed by atoms with Crippen molar-refractivity contribution < 1.29 is 8.78 Å². The predicted octanol–water partition coefficient (Wildman–Crippen LogP) is 2.80. The summed E-state index contributed by atoms with van der Waals surface area (Å²) in [5.41, 5.74) is 0.221. The van der Waals surface area contributed by atoms with Crippen molar-refractivity contribution >= 4 is 15.9 Å². The van der Waals surface area contributed by atoms with Crippen LogP contribution < -0.4 is 5.32 Å². The van der Waals surface area contributed by atoms with E-state index in [1.807, 2.05) is 0 Å². The minimum atomic E-state index is -0.453. The van der Waals surface area contributed by atoms with Crippen molar-refractivity contribution in [1.29, 1.82) is 0 Å². The highest BCUT2D eigenvalue weighted by atomic mass is 79.9. The van der Waals surface area contributed by atoms with Gasteiger partial charge in [-0.05, 0) is 25.1 Å². The number of nitrogens with one attached hydrogen (secondary N) is 1. The van der Waals surface area contributed by atoms with E-state index in [9.17, 15) is 8.78 Å². The van der Waals surface area contributed by atoms with E-state index in [1.54, 1.807) is 0 Å². The van der Waals surface area contributed by atoms with Gasteiger partial charge in [0.2, 0.25) is 0 Å². The van der Waals surface area contributed by atoms with Gasteiger partial charge < -0.3 is 5.32 Å². The molecule has 1 aromatic carbocycles. The monoisotopic (exact) mass is 261 g/mol. The van der Waals surface area contributed by atoms with Crippen LogP contribution in [0.15, 0.2) is 16.6 Å². The standard InChI is InChI=1S/C10H10BrF2N/c11-7-3-8(12)10(9(13)4-7)6-1-2-14-5-6/h3-4,6,14H,1-2,5H2. The number of rotatable bonds is 1. The summed E-state index contributed by atoms with van der Waals surface area (Å²) in [5, 5.41) is 3.09. The lowest BCUT2D eigenvalue weighted by Gasteiger charge is -2.11. The third-order valence-electron chi connectivity index (χ3n) is 2.51. The lowest BCUT2D eigenvalue weighted by molar-refractivity contribution is 0.530. The van der Waals surface area contributed by atoms with Crippen molar-refractivity contribution in [3.8, 4) is 0 Å². The minimum absolute atomic E-state index is 0.0249. The average molecular weight is 262 g/mol. The molecule has 0 spiro atoms. The Morgan fingerprint density at radius 3 is 2.43 bits per heavy atom. The maximum absolute atomic E-state index is 13.5. The van der Waals surface area contributed by atoms with Crippen LogP contribution in [-0.2, 0) is 0 Å². The van der Waals surface area contributed by atoms with Crippen molar-refractivity contribution in [1.82, 2.24) is 5.32 Å². The van der Waals surface area contributed by atoms with Crippen molar-refractivity contribution in [2.24, 2.45) is 0 Å². The molecule has 0 saturated carbocycles. The van der Waals surface area contributed by atoms with E-state index < -0.39 is 11.6 Å². The van der Waals surface area contributed by atoms with Gasteiger partial charge in [-0.3, -0.25) is 0 Å². The maximum Gasteiger partial charge on any atom is 0.130 e. The van der Waals surface area contributed by atoms with Crippen LogP contribution >= 0.6 is 15.9 Å². The van der Waals surface area contributed by atoms with Crippen LogP contribution in [0.3, 0.4) is 0 Å². The lowest BCUT2D eigenvalue weighted by Crippen LogP contribution is -2.10. The average Bonchev–Trinajstić information content (AvgIpc) is 2.54. The molecule has 0 bridgehead atoms. The molecule has 0 radical (unpaired) electrons. The molecule has 1 aliphatic rings. The molecular formula is C10H10BrF2N. The molecule has 1 unspecified atom stereocenters. The van der Waals surface area contributed by atoms with E-state index in [0.29, 0.717) is 11.0 Å². The second kappa shape index (κ2) is 3.95. The highest BCUT2D eigenvalue weighted by Crippen LogP contribution is 2.29. The quantitative estimate of drug-likeness (QED) is 0.820. The van der Waals surface area contributed by atoms with Gasteiger partial charge >= 0.3 is 0 Å². The van der Waals surface area contributed by atoms with E-state index in [1.165, 1.54) is 12.1 Å². The molecule has 0 aliphatic carbocycles. The molecule has 1 aromatic rings. The highest BCUT2D eigenvalue weighted by molar-refractivity contribution is 9.10. The summed E-state index contributed by atoms with van der Waals surface area (Å²) in [6.07, 6.45) is 0.801. The molecule has 0 amide bonds. The van der Waals surface area contributed by atoms with Crippen LogP contribution in [0.2, 0.25) is 0 Å². The van der Waals surface area contributed by atoms with Gasteiger partial charge in [0.1, 0.15) is 11.6 Å². The van der Waals surface area contributed by atoms with Crippen LogP contribution in [0, 0.1) is 11.6 Å². The van der Waals surface area contributed by atoms with Gasteiger partial charge in [-0.2, -0.15) is 0 Å². The van der Waals surface area contributed by atoms with Crippen LogP contribution in [-0.4, -0.2) is 13.1 Å². The highest BCUT2D eigenvalue weighted by Gasteiger charge is 2.23.